The van der Waals surface area contributed by atoms with Crippen molar-refractivity contribution in [2.24, 2.45) is 5.92 Å². The van der Waals surface area contributed by atoms with Crippen molar-refractivity contribution in [1.82, 2.24) is 10.2 Å². The highest BCUT2D eigenvalue weighted by molar-refractivity contribution is 5.03. The van der Waals surface area contributed by atoms with E-state index in [-0.39, 0.29) is 5.54 Å². The normalized spacial score (nSPS) is 36.6. The van der Waals surface area contributed by atoms with Crippen molar-refractivity contribution in [3.8, 4) is 0 Å². The number of nitrogens with one attached hydrogen (secondary N) is 1. The van der Waals surface area contributed by atoms with Crippen LogP contribution in [0.2, 0.25) is 0 Å². The van der Waals surface area contributed by atoms with E-state index >= 15 is 0 Å². The molecule has 3 fully saturated rings. The Morgan fingerprint density at radius 1 is 1.20 bits per heavy atom. The Morgan fingerprint density at radius 3 is 2.55 bits per heavy atom. The van der Waals surface area contributed by atoms with E-state index in [4.69, 9.17) is 4.74 Å². The van der Waals surface area contributed by atoms with E-state index in [1.54, 1.807) is 0 Å². The van der Waals surface area contributed by atoms with Crippen LogP contribution in [0.4, 0.5) is 0 Å². The van der Waals surface area contributed by atoms with Crippen LogP contribution in [0.5, 0.6) is 0 Å². The van der Waals surface area contributed by atoms with E-state index < -0.39 is 0 Å². The summed E-state index contributed by atoms with van der Waals surface area (Å²) in [5, 5.41) is 13.5. The van der Waals surface area contributed by atoms with E-state index in [9.17, 15) is 5.11 Å². The number of ether oxygens (including phenoxy) is 1. The lowest BCUT2D eigenvalue weighted by atomic mass is 9.95. The molecule has 1 saturated heterocycles. The molecule has 2 aliphatic carbocycles. The molecule has 0 amide bonds. The van der Waals surface area contributed by atoms with Gasteiger partial charge in [-0.1, -0.05) is 0 Å². The van der Waals surface area contributed by atoms with Gasteiger partial charge < -0.3 is 20.1 Å². The summed E-state index contributed by atoms with van der Waals surface area (Å²) in [7, 11) is 1.81. The number of hydrogen-bond acceptors (Lipinski definition) is 4. The topological polar surface area (TPSA) is 44.7 Å². The third-order valence-corrected chi connectivity index (χ3v) is 5.54. The molecule has 0 aromatic carbocycles. The Bertz CT molecular complexity index is 314. The van der Waals surface area contributed by atoms with Gasteiger partial charge in [-0.2, -0.15) is 0 Å². The van der Waals surface area contributed by atoms with Gasteiger partial charge in [0.15, 0.2) is 0 Å². The summed E-state index contributed by atoms with van der Waals surface area (Å²) in [6.45, 7) is 3.65. The molecule has 4 nitrogen and oxygen atoms in total. The van der Waals surface area contributed by atoms with E-state index in [0.717, 1.165) is 25.4 Å². The second-order valence-corrected chi connectivity index (χ2v) is 7.19. The van der Waals surface area contributed by atoms with Gasteiger partial charge in [-0.3, -0.25) is 0 Å². The van der Waals surface area contributed by atoms with E-state index in [1.807, 2.05) is 7.11 Å². The van der Waals surface area contributed by atoms with Crippen LogP contribution in [0.15, 0.2) is 0 Å². The summed E-state index contributed by atoms with van der Waals surface area (Å²) in [6.07, 6.45) is 8.66. The summed E-state index contributed by atoms with van der Waals surface area (Å²) in [4.78, 5) is 2.66. The van der Waals surface area contributed by atoms with Crippen LogP contribution in [-0.4, -0.2) is 61.0 Å². The molecule has 1 heterocycles. The zero-order valence-electron chi connectivity index (χ0n) is 12.8. The van der Waals surface area contributed by atoms with Crippen molar-refractivity contribution in [3.63, 3.8) is 0 Å². The molecule has 2 saturated carbocycles. The molecular formula is C16H30N2O2. The van der Waals surface area contributed by atoms with Crippen molar-refractivity contribution in [1.29, 1.82) is 0 Å². The van der Waals surface area contributed by atoms with Crippen molar-refractivity contribution in [3.05, 3.63) is 0 Å². The fourth-order valence-corrected chi connectivity index (χ4v) is 4.11. The minimum absolute atomic E-state index is 0.0230. The second-order valence-electron chi connectivity index (χ2n) is 7.19. The Kier molecular flexibility index (Phi) is 4.65. The number of methoxy groups -OCH3 is 1. The largest absolute Gasteiger partial charge is 0.394 e. The monoisotopic (exact) mass is 282 g/mol. The van der Waals surface area contributed by atoms with Gasteiger partial charge in [-0.25, -0.2) is 0 Å². The highest BCUT2D eigenvalue weighted by atomic mass is 16.5. The standard InChI is InChI=1S/C16H30N2O2/c1-20-11-13-5-8-18(9-6-13)15-4-7-16(10-15,12-19)17-14-2-3-14/h13-15,17,19H,2-12H2,1H3. The molecular weight excluding hydrogens is 252 g/mol. The number of likely N-dealkylation sites (tertiary alicyclic amines) is 1. The molecule has 0 aromatic rings. The van der Waals surface area contributed by atoms with Crippen molar-refractivity contribution < 1.29 is 9.84 Å². The summed E-state index contributed by atoms with van der Waals surface area (Å²) >= 11 is 0. The quantitative estimate of drug-likeness (QED) is 0.772. The Labute approximate surface area is 122 Å². The maximum absolute atomic E-state index is 9.82. The second kappa shape index (κ2) is 6.30. The highest BCUT2D eigenvalue weighted by Gasteiger charge is 2.43. The third-order valence-electron chi connectivity index (χ3n) is 5.54. The predicted octanol–water partition coefficient (Wildman–Crippen LogP) is 1.38. The number of aliphatic hydroxyl groups excluding tert-OH is 1. The number of hydrogen-bond donors (Lipinski definition) is 2. The van der Waals surface area contributed by atoms with Crippen LogP contribution in [0.1, 0.15) is 44.9 Å². The molecule has 1 aliphatic heterocycles. The smallest absolute Gasteiger partial charge is 0.0614 e. The molecule has 2 unspecified atom stereocenters. The predicted molar refractivity (Wildman–Crippen MR) is 79.8 cm³/mol. The average molecular weight is 282 g/mol. The maximum Gasteiger partial charge on any atom is 0.0614 e. The van der Waals surface area contributed by atoms with E-state index in [0.29, 0.717) is 18.7 Å². The first-order chi connectivity index (χ1) is 9.74. The Balaban J connectivity index is 1.49. The van der Waals surface area contributed by atoms with Gasteiger partial charge in [-0.15, -0.1) is 0 Å². The van der Waals surface area contributed by atoms with Crippen LogP contribution in [0, 0.1) is 5.92 Å². The molecule has 0 bridgehead atoms. The van der Waals surface area contributed by atoms with Crippen molar-refractivity contribution in [2.75, 3.05) is 33.4 Å². The van der Waals surface area contributed by atoms with Gasteiger partial charge in [0.1, 0.15) is 0 Å². The summed E-state index contributed by atoms with van der Waals surface area (Å²) < 4.78 is 5.28. The first-order valence-electron chi connectivity index (χ1n) is 8.36. The van der Waals surface area contributed by atoms with Gasteiger partial charge in [0.05, 0.1) is 6.61 Å². The van der Waals surface area contributed by atoms with Crippen LogP contribution in [0.25, 0.3) is 0 Å². The van der Waals surface area contributed by atoms with Crippen LogP contribution in [0.3, 0.4) is 0 Å². The molecule has 0 radical (unpaired) electrons. The minimum Gasteiger partial charge on any atom is -0.394 e. The van der Waals surface area contributed by atoms with Crippen LogP contribution in [-0.2, 0) is 4.74 Å². The SMILES string of the molecule is COCC1CCN(C2CCC(CO)(NC3CC3)C2)CC1. The molecule has 3 aliphatic rings. The number of aliphatic hydroxyl groups is 1. The number of nitrogens with zero attached hydrogens (tertiary/aromatic N) is 1. The first-order valence-corrected chi connectivity index (χ1v) is 8.36. The molecule has 4 heteroatoms. The summed E-state index contributed by atoms with van der Waals surface area (Å²) in [5.41, 5.74) is 0.0230. The van der Waals surface area contributed by atoms with Crippen LogP contribution >= 0.6 is 0 Å². The fourth-order valence-electron chi connectivity index (χ4n) is 4.11. The third kappa shape index (κ3) is 3.35. The molecule has 2 atom stereocenters. The van der Waals surface area contributed by atoms with Gasteiger partial charge in [0, 0.05) is 31.3 Å². The Hall–Kier alpha value is -0.160. The maximum atomic E-state index is 9.82. The lowest BCUT2D eigenvalue weighted by Gasteiger charge is -2.37. The molecule has 0 aromatic heterocycles. The number of rotatable bonds is 6. The zero-order valence-corrected chi connectivity index (χ0v) is 12.8. The van der Waals surface area contributed by atoms with Gasteiger partial charge in [0.25, 0.3) is 0 Å². The van der Waals surface area contributed by atoms with Gasteiger partial charge in [0.2, 0.25) is 0 Å². The summed E-state index contributed by atoms with van der Waals surface area (Å²) in [5.74, 6) is 0.754. The zero-order chi connectivity index (χ0) is 14.0. The molecule has 3 rings (SSSR count). The van der Waals surface area contributed by atoms with E-state index in [2.05, 4.69) is 10.2 Å². The lowest BCUT2D eigenvalue weighted by molar-refractivity contribution is 0.0753. The molecule has 0 spiro atoms. The number of piperidine rings is 1. The van der Waals surface area contributed by atoms with E-state index in [1.165, 1.54) is 45.2 Å². The molecule has 116 valence electrons. The van der Waals surface area contributed by atoms with Crippen LogP contribution < -0.4 is 5.32 Å². The summed E-state index contributed by atoms with van der Waals surface area (Å²) in [6, 6.07) is 1.37. The van der Waals surface area contributed by atoms with Crippen molar-refractivity contribution >= 4 is 0 Å². The molecule has 2 N–H and O–H groups in total. The van der Waals surface area contributed by atoms with Crippen molar-refractivity contribution in [2.45, 2.75) is 62.6 Å². The highest BCUT2D eigenvalue weighted by Crippen LogP contribution is 2.37. The molecule has 20 heavy (non-hydrogen) atoms. The lowest BCUT2D eigenvalue weighted by Crippen LogP contribution is -2.49. The first kappa shape index (κ1) is 14.8. The minimum atomic E-state index is 0.0230. The average Bonchev–Trinajstić information content (AvgIpc) is 3.18. The van der Waals surface area contributed by atoms with Gasteiger partial charge in [-0.05, 0) is 64.0 Å². The Morgan fingerprint density at radius 2 is 1.95 bits per heavy atom. The van der Waals surface area contributed by atoms with Gasteiger partial charge >= 0.3 is 0 Å². The fraction of sp³-hybridized carbons (Fsp3) is 1.00.